The molecule has 0 atom stereocenters. The van der Waals surface area contributed by atoms with Gasteiger partial charge in [0.25, 0.3) is 5.56 Å². The average Bonchev–Trinajstić information content (AvgIpc) is 3.11. The first-order valence-corrected chi connectivity index (χ1v) is 10.8. The third-order valence-corrected chi connectivity index (χ3v) is 6.68. The van der Waals surface area contributed by atoms with Crippen molar-refractivity contribution in [2.75, 3.05) is 5.75 Å². The highest BCUT2D eigenvalue weighted by Gasteiger charge is 2.22. The second-order valence-electron chi connectivity index (χ2n) is 5.80. The van der Waals surface area contributed by atoms with Crippen molar-refractivity contribution in [3.05, 3.63) is 80.4 Å². The van der Waals surface area contributed by atoms with Gasteiger partial charge in [0, 0.05) is 22.4 Å². The molecule has 0 aliphatic carbocycles. The van der Waals surface area contributed by atoms with Crippen molar-refractivity contribution >= 4 is 39.5 Å². The molecule has 0 bridgehead atoms. The van der Waals surface area contributed by atoms with Crippen molar-refractivity contribution in [2.24, 2.45) is 0 Å². The number of hydrogen-bond donors (Lipinski definition) is 0. The molecule has 132 valence electrons. The van der Waals surface area contributed by atoms with Crippen LogP contribution < -0.4 is 5.56 Å². The Morgan fingerprint density at radius 1 is 1.15 bits per heavy atom. The predicted molar refractivity (Wildman–Crippen MR) is 108 cm³/mol. The zero-order valence-electron chi connectivity index (χ0n) is 13.6. The molecule has 3 nitrogen and oxygen atoms in total. The van der Waals surface area contributed by atoms with Crippen molar-refractivity contribution in [3.8, 4) is 5.69 Å². The van der Waals surface area contributed by atoms with Crippen LogP contribution in [0.3, 0.4) is 0 Å². The van der Waals surface area contributed by atoms with E-state index in [0.717, 1.165) is 38.5 Å². The Hall–Kier alpha value is -1.57. The molecule has 0 fully saturated rings. The lowest BCUT2D eigenvalue weighted by atomic mass is 10.2. The quantitative estimate of drug-likeness (QED) is 0.411. The number of rotatable bonds is 4. The molecule has 1 aliphatic heterocycles. The van der Waals surface area contributed by atoms with Crippen LogP contribution in [0, 0.1) is 5.82 Å². The zero-order valence-corrected chi connectivity index (χ0v) is 16.8. The maximum absolute atomic E-state index is 13.1. The lowest BCUT2D eigenvalue weighted by Crippen LogP contribution is -2.23. The van der Waals surface area contributed by atoms with Gasteiger partial charge in [0.05, 0.1) is 16.3 Å². The second-order valence-corrected chi connectivity index (χ2v) is 8.76. The first-order chi connectivity index (χ1) is 12.6. The van der Waals surface area contributed by atoms with E-state index in [0.29, 0.717) is 10.9 Å². The van der Waals surface area contributed by atoms with Crippen LogP contribution in [-0.2, 0) is 12.2 Å². The highest BCUT2D eigenvalue weighted by atomic mass is 79.9. The summed E-state index contributed by atoms with van der Waals surface area (Å²) in [7, 11) is 0. The molecule has 7 heteroatoms. The summed E-state index contributed by atoms with van der Waals surface area (Å²) in [5.74, 6) is 1.26. The highest BCUT2D eigenvalue weighted by Crippen LogP contribution is 2.31. The monoisotopic (exact) mass is 448 g/mol. The third kappa shape index (κ3) is 3.61. The van der Waals surface area contributed by atoms with Crippen molar-refractivity contribution < 1.29 is 4.39 Å². The number of aryl methyl sites for hydroxylation is 1. The third-order valence-electron chi connectivity index (χ3n) is 4.03. The number of benzene rings is 2. The van der Waals surface area contributed by atoms with Gasteiger partial charge in [0.15, 0.2) is 5.16 Å². The number of fused-ring (bicyclic) bond motifs is 1. The molecule has 0 amide bonds. The normalized spacial score (nSPS) is 13.0. The van der Waals surface area contributed by atoms with Crippen LogP contribution in [0.5, 0.6) is 0 Å². The summed E-state index contributed by atoms with van der Waals surface area (Å²) < 4.78 is 15.7. The van der Waals surface area contributed by atoms with E-state index in [9.17, 15) is 9.18 Å². The molecular formula is C19H14BrFN2OS2. The van der Waals surface area contributed by atoms with Gasteiger partial charge in [-0.2, -0.15) is 0 Å². The fraction of sp³-hybridized carbons (Fsp3) is 0.158. The van der Waals surface area contributed by atoms with E-state index < -0.39 is 0 Å². The lowest BCUT2D eigenvalue weighted by molar-refractivity contribution is 0.627. The van der Waals surface area contributed by atoms with Gasteiger partial charge in [-0.05, 0) is 42.0 Å². The van der Waals surface area contributed by atoms with Crippen LogP contribution in [0.25, 0.3) is 5.69 Å². The van der Waals surface area contributed by atoms with E-state index in [1.54, 1.807) is 28.5 Å². The van der Waals surface area contributed by atoms with Crippen LogP contribution in [0.4, 0.5) is 4.39 Å². The SMILES string of the molecule is O=c1c2c(nc(SCc3ccc(F)cc3)n1-c1ccc(Br)cc1)CCS2. The van der Waals surface area contributed by atoms with Gasteiger partial charge in [0.1, 0.15) is 5.82 Å². The van der Waals surface area contributed by atoms with E-state index in [-0.39, 0.29) is 11.4 Å². The van der Waals surface area contributed by atoms with Gasteiger partial charge in [-0.15, -0.1) is 11.8 Å². The fourth-order valence-corrected chi connectivity index (χ4v) is 5.01. The zero-order chi connectivity index (χ0) is 18.1. The molecule has 2 aromatic carbocycles. The van der Waals surface area contributed by atoms with E-state index in [4.69, 9.17) is 4.98 Å². The maximum Gasteiger partial charge on any atom is 0.272 e. The molecule has 2 heterocycles. The van der Waals surface area contributed by atoms with Crippen LogP contribution >= 0.6 is 39.5 Å². The van der Waals surface area contributed by atoms with Gasteiger partial charge in [-0.3, -0.25) is 9.36 Å². The second kappa shape index (κ2) is 7.58. The Bertz CT molecular complexity index is 1000. The molecule has 1 aromatic heterocycles. The Kier molecular flexibility index (Phi) is 5.20. The number of thioether (sulfide) groups is 2. The van der Waals surface area contributed by atoms with Crippen LogP contribution in [0.1, 0.15) is 11.3 Å². The van der Waals surface area contributed by atoms with Gasteiger partial charge < -0.3 is 0 Å². The van der Waals surface area contributed by atoms with Gasteiger partial charge >= 0.3 is 0 Å². The predicted octanol–water partition coefficient (Wildman–Crippen LogP) is 5.07. The number of halogens is 2. The molecule has 0 unspecified atom stereocenters. The summed E-state index contributed by atoms with van der Waals surface area (Å²) >= 11 is 6.50. The van der Waals surface area contributed by atoms with Crippen LogP contribution in [0.15, 0.2) is 67.9 Å². The number of hydrogen-bond acceptors (Lipinski definition) is 4. The molecule has 0 radical (unpaired) electrons. The van der Waals surface area contributed by atoms with Crippen molar-refractivity contribution in [1.82, 2.24) is 9.55 Å². The number of aromatic nitrogens is 2. The summed E-state index contributed by atoms with van der Waals surface area (Å²) in [6, 6.07) is 14.0. The first-order valence-electron chi connectivity index (χ1n) is 8.04. The van der Waals surface area contributed by atoms with E-state index in [1.807, 2.05) is 24.3 Å². The summed E-state index contributed by atoms with van der Waals surface area (Å²) in [6.45, 7) is 0. The van der Waals surface area contributed by atoms with Crippen LogP contribution in [0.2, 0.25) is 0 Å². The summed E-state index contributed by atoms with van der Waals surface area (Å²) in [6.07, 6.45) is 0.820. The van der Waals surface area contributed by atoms with Crippen molar-refractivity contribution in [1.29, 1.82) is 0 Å². The summed E-state index contributed by atoms with van der Waals surface area (Å²) in [5.41, 5.74) is 2.65. The van der Waals surface area contributed by atoms with E-state index >= 15 is 0 Å². The molecule has 0 saturated heterocycles. The topological polar surface area (TPSA) is 34.9 Å². The van der Waals surface area contributed by atoms with Crippen molar-refractivity contribution in [3.63, 3.8) is 0 Å². The molecule has 4 rings (SSSR count). The molecule has 0 N–H and O–H groups in total. The Labute approximate surface area is 167 Å². The highest BCUT2D eigenvalue weighted by molar-refractivity contribution is 9.10. The minimum Gasteiger partial charge on any atom is -0.268 e. The lowest BCUT2D eigenvalue weighted by Gasteiger charge is -2.14. The fourth-order valence-electron chi connectivity index (χ4n) is 2.74. The Morgan fingerprint density at radius 3 is 2.62 bits per heavy atom. The first kappa shape index (κ1) is 17.8. The molecule has 26 heavy (non-hydrogen) atoms. The number of nitrogens with zero attached hydrogens (tertiary/aromatic N) is 2. The maximum atomic E-state index is 13.1. The average molecular weight is 449 g/mol. The molecule has 3 aromatic rings. The van der Waals surface area contributed by atoms with Crippen LogP contribution in [-0.4, -0.2) is 15.3 Å². The standard InChI is InChI=1S/C19H14BrFN2OS2/c20-13-3-7-15(8-4-13)23-18(24)17-16(9-10-25-17)22-19(23)26-11-12-1-5-14(21)6-2-12/h1-8H,9-11H2. The largest absolute Gasteiger partial charge is 0.272 e. The van der Waals surface area contributed by atoms with Crippen molar-refractivity contribution in [2.45, 2.75) is 22.2 Å². The van der Waals surface area contributed by atoms with E-state index in [2.05, 4.69) is 15.9 Å². The molecular weight excluding hydrogens is 435 g/mol. The Morgan fingerprint density at radius 2 is 1.88 bits per heavy atom. The summed E-state index contributed by atoms with van der Waals surface area (Å²) in [4.78, 5) is 18.6. The van der Waals surface area contributed by atoms with Gasteiger partial charge in [0.2, 0.25) is 0 Å². The molecule has 1 aliphatic rings. The smallest absolute Gasteiger partial charge is 0.268 e. The van der Waals surface area contributed by atoms with E-state index in [1.165, 1.54) is 23.9 Å². The van der Waals surface area contributed by atoms with Gasteiger partial charge in [-0.25, -0.2) is 9.37 Å². The summed E-state index contributed by atoms with van der Waals surface area (Å²) in [5, 5.41) is 0.669. The Balaban J connectivity index is 1.75. The molecule has 0 saturated carbocycles. The minimum atomic E-state index is -0.252. The minimum absolute atomic E-state index is 0.0126. The van der Waals surface area contributed by atoms with Gasteiger partial charge in [-0.1, -0.05) is 39.8 Å². The molecule has 0 spiro atoms.